The number of rotatable bonds is 4. The number of aromatic amines is 1. The van der Waals surface area contributed by atoms with Gasteiger partial charge in [-0.1, -0.05) is 0 Å². The molecule has 1 aromatic heterocycles. The van der Waals surface area contributed by atoms with E-state index in [-0.39, 0.29) is 17.0 Å². The largest absolute Gasteiger partial charge is 0.352 e. The molecule has 0 spiro atoms. The highest BCUT2D eigenvalue weighted by molar-refractivity contribution is 7.89. The second-order valence-corrected chi connectivity index (χ2v) is 6.83. The Labute approximate surface area is 111 Å². The van der Waals surface area contributed by atoms with Gasteiger partial charge in [-0.15, -0.1) is 0 Å². The Balaban J connectivity index is 1.80. The fraction of sp³-hybridized carbons (Fsp3) is 0.636. The third-order valence-electron chi connectivity index (χ3n) is 3.49. The molecule has 2 N–H and O–H groups in total. The Morgan fingerprint density at radius 2 is 2.21 bits per heavy atom. The number of carbonyl (C=O) groups is 1. The van der Waals surface area contributed by atoms with E-state index < -0.39 is 16.1 Å². The van der Waals surface area contributed by atoms with Crippen LogP contribution in [-0.2, 0) is 14.8 Å². The first-order chi connectivity index (χ1) is 9.09. The number of aromatic nitrogens is 2. The summed E-state index contributed by atoms with van der Waals surface area (Å²) in [7, 11) is -3.65. The van der Waals surface area contributed by atoms with Crippen LogP contribution in [0.5, 0.6) is 0 Å². The predicted molar refractivity (Wildman–Crippen MR) is 66.7 cm³/mol. The molecule has 1 unspecified atom stereocenters. The molecule has 0 radical (unpaired) electrons. The first kappa shape index (κ1) is 12.6. The Morgan fingerprint density at radius 3 is 2.84 bits per heavy atom. The van der Waals surface area contributed by atoms with Gasteiger partial charge in [0.1, 0.15) is 6.04 Å². The highest BCUT2D eigenvalue weighted by Gasteiger charge is 2.41. The average Bonchev–Trinajstić information content (AvgIpc) is 2.92. The van der Waals surface area contributed by atoms with Gasteiger partial charge in [-0.05, 0) is 25.7 Å². The van der Waals surface area contributed by atoms with E-state index in [2.05, 4.69) is 15.3 Å². The number of nitrogens with zero attached hydrogens (tertiary/aromatic N) is 2. The molecule has 2 aliphatic rings. The molecular formula is C11H16N4O3S. The van der Waals surface area contributed by atoms with Crippen LogP contribution in [0.25, 0.3) is 0 Å². The van der Waals surface area contributed by atoms with Crippen LogP contribution in [-0.4, -0.2) is 47.2 Å². The van der Waals surface area contributed by atoms with E-state index in [4.69, 9.17) is 0 Å². The molecule has 3 rings (SSSR count). The third-order valence-corrected chi connectivity index (χ3v) is 5.32. The molecule has 2 fully saturated rings. The summed E-state index contributed by atoms with van der Waals surface area (Å²) in [5.41, 5.74) is 0. The van der Waals surface area contributed by atoms with E-state index in [1.165, 1.54) is 16.8 Å². The number of hydrogen-bond donors (Lipinski definition) is 2. The van der Waals surface area contributed by atoms with E-state index in [1.54, 1.807) is 0 Å². The predicted octanol–water partition coefficient (Wildman–Crippen LogP) is -0.159. The van der Waals surface area contributed by atoms with E-state index in [1.807, 2.05) is 0 Å². The maximum atomic E-state index is 12.4. The number of imidazole rings is 1. The zero-order chi connectivity index (χ0) is 13.5. The van der Waals surface area contributed by atoms with E-state index in [0.29, 0.717) is 19.4 Å². The third kappa shape index (κ3) is 2.37. The van der Waals surface area contributed by atoms with Crippen molar-refractivity contribution < 1.29 is 13.2 Å². The van der Waals surface area contributed by atoms with Crippen molar-refractivity contribution in [3.63, 3.8) is 0 Å². The minimum atomic E-state index is -3.65. The second-order valence-electron chi connectivity index (χ2n) is 4.97. The summed E-state index contributed by atoms with van der Waals surface area (Å²) < 4.78 is 26.0. The Morgan fingerprint density at radius 1 is 1.42 bits per heavy atom. The summed E-state index contributed by atoms with van der Waals surface area (Å²) in [5.74, 6) is -0.178. The number of nitrogens with one attached hydrogen (secondary N) is 2. The molecule has 1 aromatic rings. The molecule has 1 saturated heterocycles. The van der Waals surface area contributed by atoms with E-state index in [9.17, 15) is 13.2 Å². The smallest absolute Gasteiger partial charge is 0.260 e. The minimum absolute atomic E-state index is 0.0404. The lowest BCUT2D eigenvalue weighted by molar-refractivity contribution is -0.124. The van der Waals surface area contributed by atoms with Gasteiger partial charge in [-0.25, -0.2) is 13.4 Å². The van der Waals surface area contributed by atoms with Gasteiger partial charge in [0, 0.05) is 12.6 Å². The summed E-state index contributed by atoms with van der Waals surface area (Å²) in [6.07, 6.45) is 5.85. The van der Waals surface area contributed by atoms with Crippen molar-refractivity contribution in [2.75, 3.05) is 6.54 Å². The number of H-pyrrole nitrogens is 1. The van der Waals surface area contributed by atoms with Crippen molar-refractivity contribution >= 4 is 15.9 Å². The molecule has 104 valence electrons. The van der Waals surface area contributed by atoms with Gasteiger partial charge in [0.15, 0.2) is 5.03 Å². The maximum absolute atomic E-state index is 12.4. The van der Waals surface area contributed by atoms with Gasteiger partial charge >= 0.3 is 0 Å². The summed E-state index contributed by atoms with van der Waals surface area (Å²) in [6, 6.07) is -0.348. The lowest BCUT2D eigenvalue weighted by atomic mass is 10.2. The molecule has 0 bridgehead atoms. The average molecular weight is 284 g/mol. The van der Waals surface area contributed by atoms with Crippen molar-refractivity contribution in [1.29, 1.82) is 0 Å². The monoisotopic (exact) mass is 284 g/mol. The van der Waals surface area contributed by atoms with Crippen LogP contribution in [0.15, 0.2) is 17.6 Å². The van der Waals surface area contributed by atoms with Crippen LogP contribution in [0.2, 0.25) is 0 Å². The lowest BCUT2D eigenvalue weighted by Gasteiger charge is -2.22. The van der Waals surface area contributed by atoms with Crippen molar-refractivity contribution in [3.05, 3.63) is 12.5 Å². The number of sulfonamides is 1. The summed E-state index contributed by atoms with van der Waals surface area (Å²) in [6.45, 7) is 0.379. The topological polar surface area (TPSA) is 95.2 Å². The molecule has 2 heterocycles. The zero-order valence-electron chi connectivity index (χ0n) is 10.4. The first-order valence-electron chi connectivity index (χ1n) is 6.39. The van der Waals surface area contributed by atoms with Crippen molar-refractivity contribution in [2.24, 2.45) is 0 Å². The fourth-order valence-corrected chi connectivity index (χ4v) is 3.88. The molecule has 8 heteroatoms. The minimum Gasteiger partial charge on any atom is -0.352 e. The van der Waals surface area contributed by atoms with Crippen LogP contribution in [0.3, 0.4) is 0 Å². The summed E-state index contributed by atoms with van der Waals surface area (Å²) in [4.78, 5) is 18.4. The van der Waals surface area contributed by atoms with Gasteiger partial charge in [0.2, 0.25) is 5.91 Å². The fourth-order valence-electron chi connectivity index (χ4n) is 2.33. The van der Waals surface area contributed by atoms with Crippen molar-refractivity contribution in [1.82, 2.24) is 19.6 Å². The van der Waals surface area contributed by atoms with Crippen LogP contribution in [0.1, 0.15) is 25.7 Å². The molecule has 1 aliphatic heterocycles. The zero-order valence-corrected chi connectivity index (χ0v) is 11.2. The Bertz CT molecular complexity index is 565. The molecule has 19 heavy (non-hydrogen) atoms. The molecule has 1 saturated carbocycles. The Kier molecular flexibility index (Phi) is 3.06. The molecule has 7 nitrogen and oxygen atoms in total. The van der Waals surface area contributed by atoms with E-state index >= 15 is 0 Å². The molecule has 1 atom stereocenters. The lowest BCUT2D eigenvalue weighted by Crippen LogP contribution is -2.46. The van der Waals surface area contributed by atoms with Gasteiger partial charge in [-0.3, -0.25) is 4.79 Å². The number of amides is 1. The van der Waals surface area contributed by atoms with Crippen LogP contribution in [0, 0.1) is 0 Å². The normalized spacial score (nSPS) is 24.5. The van der Waals surface area contributed by atoms with Gasteiger partial charge in [0.25, 0.3) is 10.0 Å². The van der Waals surface area contributed by atoms with E-state index in [0.717, 1.165) is 12.8 Å². The van der Waals surface area contributed by atoms with Crippen molar-refractivity contribution in [3.8, 4) is 0 Å². The maximum Gasteiger partial charge on any atom is 0.260 e. The molecule has 1 amide bonds. The quantitative estimate of drug-likeness (QED) is 0.803. The standard InChI is InChI=1S/C11H16N4O3S/c16-11(14-8-3-4-8)9-2-1-5-15(9)19(17,18)10-6-12-7-13-10/h6-9H,1-5H2,(H,12,13)(H,14,16). The van der Waals surface area contributed by atoms with Gasteiger partial charge in [0.05, 0.1) is 12.5 Å². The van der Waals surface area contributed by atoms with Gasteiger partial charge in [-0.2, -0.15) is 4.31 Å². The first-order valence-corrected chi connectivity index (χ1v) is 7.83. The summed E-state index contributed by atoms with van der Waals surface area (Å²) >= 11 is 0. The highest BCUT2D eigenvalue weighted by Crippen LogP contribution is 2.26. The number of hydrogen-bond acceptors (Lipinski definition) is 4. The van der Waals surface area contributed by atoms with Crippen LogP contribution < -0.4 is 5.32 Å². The SMILES string of the molecule is O=C(NC1CC1)C1CCCN1S(=O)(=O)c1cnc[nH]1. The van der Waals surface area contributed by atoms with Crippen LogP contribution in [0.4, 0.5) is 0 Å². The van der Waals surface area contributed by atoms with Crippen LogP contribution >= 0.6 is 0 Å². The van der Waals surface area contributed by atoms with Crippen molar-refractivity contribution in [2.45, 2.75) is 42.8 Å². The number of carbonyl (C=O) groups excluding carboxylic acids is 1. The second kappa shape index (κ2) is 4.61. The molecule has 1 aliphatic carbocycles. The molecular weight excluding hydrogens is 268 g/mol. The molecule has 0 aromatic carbocycles. The summed E-state index contributed by atoms with van der Waals surface area (Å²) in [5, 5.41) is 2.91. The Hall–Kier alpha value is -1.41. The highest BCUT2D eigenvalue weighted by atomic mass is 32.2. The van der Waals surface area contributed by atoms with Gasteiger partial charge < -0.3 is 10.3 Å².